The van der Waals surface area contributed by atoms with Gasteiger partial charge in [-0.2, -0.15) is 18.9 Å². The summed E-state index contributed by atoms with van der Waals surface area (Å²) >= 11 is 4.08. The molecular weight excluding hydrogens is 148 g/mol. The van der Waals surface area contributed by atoms with Crippen molar-refractivity contribution in [1.29, 1.82) is 0 Å². The molecule has 0 unspecified atom stereocenters. The fraction of sp³-hybridized carbons (Fsp3) is 1.00. The molecule has 0 heterocycles. The van der Waals surface area contributed by atoms with Crippen LogP contribution in [-0.4, -0.2) is 11.9 Å². The van der Waals surface area contributed by atoms with Crippen molar-refractivity contribution in [3.8, 4) is 0 Å². The van der Waals surface area contributed by atoms with Crippen molar-refractivity contribution in [1.82, 2.24) is 0 Å². The van der Waals surface area contributed by atoms with Crippen molar-refractivity contribution < 1.29 is 42.7 Å². The molecule has 0 aliphatic carbocycles. The van der Waals surface area contributed by atoms with E-state index in [4.69, 9.17) is 0 Å². The van der Waals surface area contributed by atoms with Gasteiger partial charge in [-0.25, -0.2) is 0 Å². The molecule has 0 atom stereocenters. The third-order valence-corrected chi connectivity index (χ3v) is 0.590. The van der Waals surface area contributed by atoms with E-state index in [0.29, 0.717) is 0 Å². The molecule has 0 radical (unpaired) electrons. The second-order valence-electron chi connectivity index (χ2n) is 1.07. The molecule has 0 aromatic carbocycles. The largest absolute Gasteiger partial charge is 1.00 e. The van der Waals surface area contributed by atoms with Crippen molar-refractivity contribution in [2.45, 2.75) is 12.6 Å². The molecule has 0 fully saturated rings. The fourth-order valence-corrected chi connectivity index (χ4v) is 0.347. The summed E-state index contributed by atoms with van der Waals surface area (Å²) < 4.78 is 33.0. The Bertz CT molecular complexity index is 53.0. The first-order chi connectivity index (χ1) is 3.06. The molecule has 0 saturated carbocycles. The quantitative estimate of drug-likeness (QED) is 0.325. The fourth-order valence-electron chi connectivity index (χ4n) is 0.116. The average Bonchev–Trinajstić information content (AvgIpc) is 1.30. The molecule has 0 aliphatic rings. The normalized spacial score (nSPS) is 10.5. The molecule has 0 saturated heterocycles. The standard InChI is InChI=1S/C3H5F3S.Na/c4-3(5,6)1-2-7;/h7H,1-2H2;/q;+1/p-1. The summed E-state index contributed by atoms with van der Waals surface area (Å²) in [5, 5.41) is 0. The van der Waals surface area contributed by atoms with E-state index in [1.807, 2.05) is 0 Å². The SMILES string of the molecule is FC(F)(F)CC[S-].[Na+]. The van der Waals surface area contributed by atoms with Crippen LogP contribution in [0.5, 0.6) is 0 Å². The molecule has 0 aromatic heterocycles. The van der Waals surface area contributed by atoms with Crippen LogP contribution in [0.15, 0.2) is 0 Å². The van der Waals surface area contributed by atoms with Crippen molar-refractivity contribution in [2.24, 2.45) is 0 Å². The first-order valence-corrected chi connectivity index (χ1v) is 2.29. The summed E-state index contributed by atoms with van der Waals surface area (Å²) in [6, 6.07) is 0. The maximum absolute atomic E-state index is 11.0. The van der Waals surface area contributed by atoms with Crippen molar-refractivity contribution in [3.05, 3.63) is 0 Å². The van der Waals surface area contributed by atoms with Gasteiger partial charge in [0.15, 0.2) is 0 Å². The minimum Gasteiger partial charge on any atom is -0.792 e. The van der Waals surface area contributed by atoms with E-state index in [0.717, 1.165) is 0 Å². The van der Waals surface area contributed by atoms with E-state index in [1.165, 1.54) is 0 Å². The van der Waals surface area contributed by atoms with Crippen LogP contribution in [0.4, 0.5) is 13.2 Å². The Labute approximate surface area is 73.5 Å². The summed E-state index contributed by atoms with van der Waals surface area (Å²) in [4.78, 5) is 0. The van der Waals surface area contributed by atoms with E-state index in [2.05, 4.69) is 12.6 Å². The second kappa shape index (κ2) is 4.97. The van der Waals surface area contributed by atoms with Crippen LogP contribution in [0.3, 0.4) is 0 Å². The molecule has 0 amide bonds. The van der Waals surface area contributed by atoms with Crippen molar-refractivity contribution in [3.63, 3.8) is 0 Å². The van der Waals surface area contributed by atoms with Gasteiger partial charge in [0.05, 0.1) is 0 Å². The van der Waals surface area contributed by atoms with E-state index in [1.54, 1.807) is 0 Å². The van der Waals surface area contributed by atoms with Crippen LogP contribution in [0.25, 0.3) is 0 Å². The molecule has 0 aliphatic heterocycles. The Morgan fingerprint density at radius 3 is 1.62 bits per heavy atom. The minimum absolute atomic E-state index is 0. The molecule has 0 spiro atoms. The van der Waals surface area contributed by atoms with Gasteiger partial charge in [0.1, 0.15) is 0 Å². The van der Waals surface area contributed by atoms with Gasteiger partial charge in [0, 0.05) is 6.42 Å². The van der Waals surface area contributed by atoms with Crippen LogP contribution >= 0.6 is 0 Å². The molecule has 44 valence electrons. The molecule has 0 aromatic rings. The van der Waals surface area contributed by atoms with Gasteiger partial charge in [-0.1, -0.05) is 0 Å². The number of hydrogen-bond donors (Lipinski definition) is 0. The smallest absolute Gasteiger partial charge is 0.792 e. The van der Waals surface area contributed by atoms with Crippen LogP contribution in [0.2, 0.25) is 0 Å². The summed E-state index contributed by atoms with van der Waals surface area (Å²) in [7, 11) is 0. The van der Waals surface area contributed by atoms with E-state index in [9.17, 15) is 13.2 Å². The van der Waals surface area contributed by atoms with E-state index >= 15 is 0 Å². The Balaban J connectivity index is 0. The number of hydrogen-bond acceptors (Lipinski definition) is 1. The number of halogens is 3. The van der Waals surface area contributed by atoms with Crippen LogP contribution in [-0.2, 0) is 12.6 Å². The van der Waals surface area contributed by atoms with Gasteiger partial charge in [0.25, 0.3) is 0 Å². The van der Waals surface area contributed by atoms with Crippen LogP contribution in [0, 0.1) is 0 Å². The first kappa shape index (κ1) is 11.9. The third-order valence-electron chi connectivity index (χ3n) is 0.386. The summed E-state index contributed by atoms with van der Waals surface area (Å²) in [6.45, 7) is 0. The van der Waals surface area contributed by atoms with Crippen molar-refractivity contribution in [2.75, 3.05) is 5.75 Å². The van der Waals surface area contributed by atoms with E-state index in [-0.39, 0.29) is 35.3 Å². The Morgan fingerprint density at radius 2 is 1.62 bits per heavy atom. The van der Waals surface area contributed by atoms with Gasteiger partial charge in [0.2, 0.25) is 0 Å². The molecule has 8 heavy (non-hydrogen) atoms. The topological polar surface area (TPSA) is 0 Å². The van der Waals surface area contributed by atoms with Gasteiger partial charge < -0.3 is 12.6 Å². The summed E-state index contributed by atoms with van der Waals surface area (Å²) in [5.41, 5.74) is 0. The zero-order chi connectivity index (χ0) is 5.91. The van der Waals surface area contributed by atoms with Crippen LogP contribution in [0.1, 0.15) is 6.42 Å². The zero-order valence-electron chi connectivity index (χ0n) is 4.46. The number of alkyl halides is 3. The number of rotatable bonds is 1. The summed E-state index contributed by atoms with van der Waals surface area (Å²) in [5.74, 6) is -0.233. The molecule has 5 heteroatoms. The maximum Gasteiger partial charge on any atom is 1.00 e. The average molecular weight is 152 g/mol. The zero-order valence-corrected chi connectivity index (χ0v) is 7.27. The molecular formula is C3H4F3NaS. The Hall–Kier alpha value is 1.14. The molecule has 0 nitrogen and oxygen atoms in total. The molecule has 0 rings (SSSR count). The third kappa shape index (κ3) is 10.2. The Kier molecular flexibility index (Phi) is 7.38. The molecule has 0 bridgehead atoms. The maximum atomic E-state index is 11.0. The van der Waals surface area contributed by atoms with Gasteiger partial charge >= 0.3 is 35.7 Å². The van der Waals surface area contributed by atoms with Gasteiger partial charge in [-0.3, -0.25) is 0 Å². The predicted molar refractivity (Wildman–Crippen MR) is 22.9 cm³/mol. The molecule has 0 N–H and O–H groups in total. The van der Waals surface area contributed by atoms with Crippen molar-refractivity contribution >= 4 is 12.6 Å². The van der Waals surface area contributed by atoms with E-state index < -0.39 is 12.6 Å². The van der Waals surface area contributed by atoms with Gasteiger partial charge in [-0.05, 0) is 0 Å². The predicted octanol–water partition coefficient (Wildman–Crippen LogP) is -1.51. The van der Waals surface area contributed by atoms with Crippen LogP contribution < -0.4 is 29.6 Å². The first-order valence-electron chi connectivity index (χ1n) is 1.71. The van der Waals surface area contributed by atoms with Gasteiger partial charge in [-0.15, -0.1) is 0 Å². The minimum atomic E-state index is -4.05. The monoisotopic (exact) mass is 152 g/mol. The Morgan fingerprint density at radius 1 is 1.25 bits per heavy atom. The second-order valence-corrected chi connectivity index (χ2v) is 1.48. The summed E-state index contributed by atoms with van der Waals surface area (Å²) in [6.07, 6.45) is -4.90.